The monoisotopic (exact) mass is 518 g/mol. The third kappa shape index (κ3) is 5.29. The molecule has 1 aliphatic rings. The van der Waals surface area contributed by atoms with Gasteiger partial charge in [0.25, 0.3) is 0 Å². The summed E-state index contributed by atoms with van der Waals surface area (Å²) in [5.41, 5.74) is 2.31. The van der Waals surface area contributed by atoms with E-state index in [1.807, 2.05) is 48.1 Å². The maximum atomic E-state index is 5.99. The number of imidazole rings is 1. The van der Waals surface area contributed by atoms with Gasteiger partial charge in [-0.3, -0.25) is 4.57 Å². The Morgan fingerprint density at radius 2 is 2.07 bits per heavy atom. The van der Waals surface area contributed by atoms with Crippen LogP contribution in [-0.2, 0) is 13.0 Å². The van der Waals surface area contributed by atoms with Crippen LogP contribution in [0.4, 0.5) is 0 Å². The van der Waals surface area contributed by atoms with Crippen LogP contribution in [0.3, 0.4) is 0 Å². The molecule has 30 heavy (non-hydrogen) atoms. The smallest absolute Gasteiger partial charge is 0.191 e. The van der Waals surface area contributed by atoms with E-state index in [0.717, 1.165) is 41.9 Å². The number of pyridine rings is 1. The third-order valence-electron chi connectivity index (χ3n) is 4.86. The predicted molar refractivity (Wildman–Crippen MR) is 129 cm³/mol. The summed E-state index contributed by atoms with van der Waals surface area (Å²) in [5.74, 6) is 3.54. The van der Waals surface area contributed by atoms with E-state index < -0.39 is 0 Å². The second kappa shape index (κ2) is 10.4. The van der Waals surface area contributed by atoms with Crippen LogP contribution in [0.25, 0.3) is 5.82 Å². The Kier molecular flexibility index (Phi) is 7.67. The zero-order chi connectivity index (χ0) is 20.1. The van der Waals surface area contributed by atoms with Crippen molar-refractivity contribution in [3.05, 3.63) is 71.9 Å². The molecule has 0 bridgehead atoms. The number of rotatable bonds is 6. The number of benzene rings is 1. The first-order valence-electron chi connectivity index (χ1n) is 9.95. The molecule has 8 heteroatoms. The number of hydrogen-bond donors (Lipinski definition) is 2. The van der Waals surface area contributed by atoms with Crippen molar-refractivity contribution in [2.75, 3.05) is 13.1 Å². The molecule has 3 aromatic rings. The standard InChI is InChI=1S/C22H26N6O.HI/c1-3-23-22(27-15-19-12-18-6-4-5-7-20(18)29-19)26-14-17-8-9-21(25-13-17)28-11-10-24-16(28)2;/h4-11,13,19H,3,12,14-15H2,1-2H3,(H2,23,26,27);1H. The molecule has 1 aliphatic heterocycles. The molecule has 0 spiro atoms. The van der Waals surface area contributed by atoms with E-state index in [2.05, 4.69) is 44.7 Å². The van der Waals surface area contributed by atoms with Gasteiger partial charge in [0.1, 0.15) is 23.5 Å². The van der Waals surface area contributed by atoms with Crippen molar-refractivity contribution < 1.29 is 4.74 Å². The Morgan fingerprint density at radius 3 is 2.77 bits per heavy atom. The van der Waals surface area contributed by atoms with Crippen LogP contribution in [0.15, 0.2) is 60.0 Å². The maximum absolute atomic E-state index is 5.99. The Hall–Kier alpha value is -2.62. The minimum Gasteiger partial charge on any atom is -0.488 e. The van der Waals surface area contributed by atoms with Crippen LogP contribution in [0.2, 0.25) is 0 Å². The van der Waals surface area contributed by atoms with Gasteiger partial charge in [-0.25, -0.2) is 15.0 Å². The van der Waals surface area contributed by atoms with Crippen LogP contribution < -0.4 is 15.4 Å². The summed E-state index contributed by atoms with van der Waals surface area (Å²) in [7, 11) is 0. The molecule has 1 aromatic carbocycles. The molecule has 2 N–H and O–H groups in total. The highest BCUT2D eigenvalue weighted by molar-refractivity contribution is 14.0. The van der Waals surface area contributed by atoms with Crippen molar-refractivity contribution >= 4 is 29.9 Å². The first-order chi connectivity index (χ1) is 14.2. The molecule has 0 saturated heterocycles. The predicted octanol–water partition coefficient (Wildman–Crippen LogP) is 3.25. The van der Waals surface area contributed by atoms with Gasteiger partial charge in [0.2, 0.25) is 0 Å². The Morgan fingerprint density at radius 1 is 1.20 bits per heavy atom. The number of aromatic nitrogens is 3. The first-order valence-corrected chi connectivity index (χ1v) is 9.95. The van der Waals surface area contributed by atoms with Crippen LogP contribution in [-0.4, -0.2) is 39.7 Å². The van der Waals surface area contributed by atoms with Crippen LogP contribution in [0.1, 0.15) is 23.9 Å². The van der Waals surface area contributed by atoms with Gasteiger partial charge in [0.05, 0.1) is 13.1 Å². The number of fused-ring (bicyclic) bond motifs is 1. The topological polar surface area (TPSA) is 76.4 Å². The molecular weight excluding hydrogens is 491 g/mol. The number of aliphatic imine (C=N–C) groups is 1. The lowest BCUT2D eigenvalue weighted by molar-refractivity contribution is 0.235. The van der Waals surface area contributed by atoms with Gasteiger partial charge >= 0.3 is 0 Å². The molecule has 0 fully saturated rings. The zero-order valence-electron chi connectivity index (χ0n) is 17.2. The first kappa shape index (κ1) is 22.1. The molecule has 0 amide bonds. The summed E-state index contributed by atoms with van der Waals surface area (Å²) in [5, 5.41) is 6.68. The molecule has 2 aromatic heterocycles. The Labute approximate surface area is 194 Å². The normalized spacial score (nSPS) is 15.1. The minimum atomic E-state index is 0. The summed E-state index contributed by atoms with van der Waals surface area (Å²) < 4.78 is 7.95. The number of nitrogens with zero attached hydrogens (tertiary/aromatic N) is 4. The highest BCUT2D eigenvalue weighted by Crippen LogP contribution is 2.27. The number of ether oxygens (including phenoxy) is 1. The summed E-state index contributed by atoms with van der Waals surface area (Å²) in [6.07, 6.45) is 6.58. The summed E-state index contributed by atoms with van der Waals surface area (Å²) in [6.45, 7) is 6.08. The largest absolute Gasteiger partial charge is 0.488 e. The number of guanidine groups is 1. The van der Waals surface area contributed by atoms with E-state index in [4.69, 9.17) is 4.74 Å². The van der Waals surface area contributed by atoms with E-state index in [1.165, 1.54) is 5.56 Å². The van der Waals surface area contributed by atoms with Crippen LogP contribution >= 0.6 is 24.0 Å². The van der Waals surface area contributed by atoms with Gasteiger partial charge in [-0.15, -0.1) is 24.0 Å². The minimum absolute atomic E-state index is 0. The molecule has 3 heterocycles. The fourth-order valence-corrected chi connectivity index (χ4v) is 3.36. The maximum Gasteiger partial charge on any atom is 0.191 e. The van der Waals surface area contributed by atoms with Gasteiger partial charge in [0.15, 0.2) is 5.96 Å². The van der Waals surface area contributed by atoms with Gasteiger partial charge in [-0.05, 0) is 37.1 Å². The summed E-state index contributed by atoms with van der Waals surface area (Å²) >= 11 is 0. The molecule has 7 nitrogen and oxygen atoms in total. The quantitative estimate of drug-likeness (QED) is 0.298. The molecule has 1 atom stereocenters. The van der Waals surface area contributed by atoms with Gasteiger partial charge in [-0.1, -0.05) is 24.3 Å². The average Bonchev–Trinajstić information content (AvgIpc) is 3.36. The number of para-hydroxylation sites is 1. The lowest BCUT2D eigenvalue weighted by Crippen LogP contribution is -2.42. The second-order valence-electron chi connectivity index (χ2n) is 7.00. The zero-order valence-corrected chi connectivity index (χ0v) is 19.5. The molecule has 1 unspecified atom stereocenters. The number of halogens is 1. The Bertz CT molecular complexity index is 960. The molecular formula is C22H27IN6O. The van der Waals surface area contributed by atoms with Gasteiger partial charge < -0.3 is 15.4 Å². The van der Waals surface area contributed by atoms with Gasteiger partial charge in [-0.2, -0.15) is 0 Å². The van der Waals surface area contributed by atoms with E-state index in [0.29, 0.717) is 13.1 Å². The van der Waals surface area contributed by atoms with Gasteiger partial charge in [0, 0.05) is 31.6 Å². The second-order valence-corrected chi connectivity index (χ2v) is 7.00. The lowest BCUT2D eigenvalue weighted by atomic mass is 10.1. The van der Waals surface area contributed by atoms with E-state index in [-0.39, 0.29) is 30.1 Å². The van der Waals surface area contributed by atoms with Crippen molar-refractivity contribution in [2.24, 2.45) is 4.99 Å². The lowest BCUT2D eigenvalue weighted by Gasteiger charge is -2.15. The van der Waals surface area contributed by atoms with Crippen molar-refractivity contribution in [2.45, 2.75) is 32.9 Å². The van der Waals surface area contributed by atoms with Crippen molar-refractivity contribution in [3.8, 4) is 11.6 Å². The SMILES string of the molecule is CCNC(=NCc1ccc(-n2ccnc2C)nc1)NCC1Cc2ccccc2O1.I. The van der Waals surface area contributed by atoms with E-state index in [1.54, 1.807) is 6.20 Å². The molecule has 0 saturated carbocycles. The van der Waals surface area contributed by atoms with Crippen LogP contribution in [0, 0.1) is 6.92 Å². The van der Waals surface area contributed by atoms with E-state index >= 15 is 0 Å². The molecule has 0 aliphatic carbocycles. The van der Waals surface area contributed by atoms with Crippen molar-refractivity contribution in [1.82, 2.24) is 25.2 Å². The van der Waals surface area contributed by atoms with Crippen molar-refractivity contribution in [3.63, 3.8) is 0 Å². The van der Waals surface area contributed by atoms with E-state index in [9.17, 15) is 0 Å². The molecule has 4 rings (SSSR count). The fraction of sp³-hybridized carbons (Fsp3) is 0.318. The highest BCUT2D eigenvalue weighted by atomic mass is 127. The number of nitrogens with one attached hydrogen (secondary N) is 2. The number of hydrogen-bond acceptors (Lipinski definition) is 4. The van der Waals surface area contributed by atoms with Crippen LogP contribution in [0.5, 0.6) is 5.75 Å². The Balaban J connectivity index is 0.00000256. The third-order valence-corrected chi connectivity index (χ3v) is 4.86. The fourth-order valence-electron chi connectivity index (χ4n) is 3.36. The number of aryl methyl sites for hydroxylation is 1. The highest BCUT2D eigenvalue weighted by Gasteiger charge is 2.22. The summed E-state index contributed by atoms with van der Waals surface area (Å²) in [4.78, 5) is 13.5. The molecule has 158 valence electrons. The summed E-state index contributed by atoms with van der Waals surface area (Å²) in [6, 6.07) is 12.2. The average molecular weight is 518 g/mol. The molecule has 0 radical (unpaired) electrons. The van der Waals surface area contributed by atoms with Crippen molar-refractivity contribution in [1.29, 1.82) is 0 Å².